The molecule has 1 aliphatic heterocycles. The van der Waals surface area contributed by atoms with E-state index in [9.17, 15) is 9.59 Å². The molecule has 0 spiro atoms. The number of rotatable bonds is 4. The number of allylic oxidation sites excluding steroid dienone is 3. The monoisotopic (exact) mass is 251 g/mol. The van der Waals surface area contributed by atoms with Crippen LogP contribution in [-0.4, -0.2) is 24.5 Å². The molecule has 0 unspecified atom stereocenters. The van der Waals surface area contributed by atoms with Gasteiger partial charge in [0.05, 0.1) is 7.11 Å². The molecule has 0 aromatic rings. The molecule has 1 rings (SSSR count). The summed E-state index contributed by atoms with van der Waals surface area (Å²) in [6.45, 7) is 3.55. The van der Waals surface area contributed by atoms with Gasteiger partial charge in [0, 0.05) is 0 Å². The van der Waals surface area contributed by atoms with Crippen LogP contribution in [0.4, 0.5) is 0 Å². The molecule has 0 aromatic heterocycles. The molecule has 0 aliphatic carbocycles. The first-order valence-corrected chi connectivity index (χ1v) is 5.62. The van der Waals surface area contributed by atoms with Crippen molar-refractivity contribution >= 4 is 11.8 Å². The zero-order chi connectivity index (χ0) is 13.8. The van der Waals surface area contributed by atoms with Crippen molar-refractivity contribution in [3.63, 3.8) is 0 Å². The highest BCUT2D eigenvalue weighted by molar-refractivity contribution is 6.22. The van der Waals surface area contributed by atoms with Gasteiger partial charge in [-0.15, -0.1) is 0 Å². The normalized spacial score (nSPS) is 24.1. The Morgan fingerprint density at radius 3 is 2.72 bits per heavy atom. The number of esters is 1. The second-order valence-corrected chi connectivity index (χ2v) is 3.96. The fraction of sp³-hybridized carbons (Fsp3) is 0.385. The predicted molar refractivity (Wildman–Crippen MR) is 66.3 cm³/mol. The van der Waals surface area contributed by atoms with Crippen LogP contribution in [0.1, 0.15) is 20.3 Å². The van der Waals surface area contributed by atoms with E-state index >= 15 is 0 Å². The molecule has 1 atom stereocenters. The second kappa shape index (κ2) is 5.53. The van der Waals surface area contributed by atoms with Gasteiger partial charge in [-0.1, -0.05) is 25.2 Å². The van der Waals surface area contributed by atoms with E-state index < -0.39 is 17.4 Å². The number of nitrogens with two attached hydrogens (primary N) is 1. The van der Waals surface area contributed by atoms with Crippen molar-refractivity contribution in [3.05, 3.63) is 35.8 Å². The molecule has 0 bridgehead atoms. The van der Waals surface area contributed by atoms with Crippen molar-refractivity contribution in [2.45, 2.75) is 25.9 Å². The van der Waals surface area contributed by atoms with E-state index in [1.54, 1.807) is 25.2 Å². The van der Waals surface area contributed by atoms with Crippen LogP contribution in [0.15, 0.2) is 35.8 Å². The van der Waals surface area contributed by atoms with Crippen molar-refractivity contribution in [1.82, 2.24) is 0 Å². The summed E-state index contributed by atoms with van der Waals surface area (Å²) >= 11 is 0. The number of carbonyl (C=O) groups is 2. The number of hydrogen-bond donors (Lipinski definition) is 1. The molecule has 0 saturated carbocycles. The number of ether oxygens (including phenoxy) is 2. The zero-order valence-electron chi connectivity index (χ0n) is 10.7. The van der Waals surface area contributed by atoms with Gasteiger partial charge < -0.3 is 15.2 Å². The second-order valence-electron chi connectivity index (χ2n) is 3.96. The van der Waals surface area contributed by atoms with Crippen LogP contribution in [0.2, 0.25) is 0 Å². The smallest absolute Gasteiger partial charge is 0.347 e. The molecule has 1 heterocycles. The van der Waals surface area contributed by atoms with Gasteiger partial charge in [0.15, 0.2) is 11.2 Å². The third-order valence-corrected chi connectivity index (χ3v) is 2.53. The third-order valence-electron chi connectivity index (χ3n) is 2.53. The summed E-state index contributed by atoms with van der Waals surface area (Å²) in [7, 11) is 1.19. The van der Waals surface area contributed by atoms with E-state index in [4.69, 9.17) is 10.5 Å². The topological polar surface area (TPSA) is 78.6 Å². The molecular weight excluding hydrogens is 234 g/mol. The fourth-order valence-electron chi connectivity index (χ4n) is 1.54. The Kier molecular flexibility index (Phi) is 4.31. The van der Waals surface area contributed by atoms with Gasteiger partial charge in [-0.05, 0) is 19.4 Å². The van der Waals surface area contributed by atoms with Crippen LogP contribution in [0.25, 0.3) is 0 Å². The summed E-state index contributed by atoms with van der Waals surface area (Å²) in [5.41, 5.74) is 4.06. The SMILES string of the molecule is CCC=CC=C[C@]1(C)OC(N)=C(C(=O)OC)C1=O. The molecule has 98 valence electrons. The maximum Gasteiger partial charge on any atom is 0.347 e. The van der Waals surface area contributed by atoms with E-state index in [1.165, 1.54) is 7.11 Å². The minimum absolute atomic E-state index is 0.196. The maximum absolute atomic E-state index is 12.1. The standard InChI is InChI=1S/C13H17NO4/c1-4-5-6-7-8-13(2)10(15)9(11(14)18-13)12(16)17-3/h5-8H,4,14H2,1-3H3/t13-/m0/s1. The quantitative estimate of drug-likeness (QED) is 0.461. The Hall–Kier alpha value is -2.04. The Bertz CT molecular complexity index is 448. The first-order chi connectivity index (χ1) is 8.46. The highest BCUT2D eigenvalue weighted by atomic mass is 16.5. The van der Waals surface area contributed by atoms with Crippen molar-refractivity contribution in [1.29, 1.82) is 0 Å². The molecule has 1 aliphatic rings. The van der Waals surface area contributed by atoms with Gasteiger partial charge in [0.1, 0.15) is 0 Å². The van der Waals surface area contributed by atoms with Crippen molar-refractivity contribution < 1.29 is 19.1 Å². The van der Waals surface area contributed by atoms with Crippen molar-refractivity contribution in [3.8, 4) is 0 Å². The van der Waals surface area contributed by atoms with Crippen molar-refractivity contribution in [2.75, 3.05) is 7.11 Å². The largest absolute Gasteiger partial charge is 0.465 e. The Labute approximate surface area is 106 Å². The van der Waals surface area contributed by atoms with E-state index in [-0.39, 0.29) is 11.5 Å². The van der Waals surface area contributed by atoms with Gasteiger partial charge >= 0.3 is 5.97 Å². The number of hydrogen-bond acceptors (Lipinski definition) is 5. The van der Waals surface area contributed by atoms with Gasteiger partial charge in [0.25, 0.3) is 0 Å². The van der Waals surface area contributed by atoms with Gasteiger partial charge in [-0.25, -0.2) is 4.79 Å². The lowest BCUT2D eigenvalue weighted by molar-refractivity contribution is -0.138. The molecule has 0 amide bonds. The van der Waals surface area contributed by atoms with Crippen LogP contribution in [0.5, 0.6) is 0 Å². The third kappa shape index (κ3) is 2.61. The van der Waals surface area contributed by atoms with E-state index in [0.717, 1.165) is 6.42 Å². The van der Waals surface area contributed by atoms with Gasteiger partial charge in [-0.2, -0.15) is 0 Å². The predicted octanol–water partition coefficient (Wildman–Crippen LogP) is 1.21. The van der Waals surface area contributed by atoms with Gasteiger partial charge in [-0.3, -0.25) is 4.79 Å². The number of methoxy groups -OCH3 is 1. The van der Waals surface area contributed by atoms with E-state index in [1.807, 2.05) is 13.0 Å². The molecule has 0 radical (unpaired) electrons. The molecule has 5 heteroatoms. The minimum Gasteiger partial charge on any atom is -0.465 e. The lowest BCUT2D eigenvalue weighted by Gasteiger charge is -2.17. The van der Waals surface area contributed by atoms with Crippen LogP contribution in [0.3, 0.4) is 0 Å². The summed E-state index contributed by atoms with van der Waals surface area (Å²) in [5.74, 6) is -1.47. The molecule has 18 heavy (non-hydrogen) atoms. The Balaban J connectivity index is 2.92. The first kappa shape index (κ1) is 14.0. The zero-order valence-corrected chi connectivity index (χ0v) is 10.7. The number of carbonyl (C=O) groups excluding carboxylic acids is 2. The van der Waals surface area contributed by atoms with Crippen molar-refractivity contribution in [2.24, 2.45) is 5.73 Å². The number of Topliss-reactive ketones (excluding diaryl/α,β-unsaturated/α-hetero) is 1. The fourth-order valence-corrected chi connectivity index (χ4v) is 1.54. The summed E-state index contributed by atoms with van der Waals surface area (Å²) in [6.07, 6.45) is 7.87. The van der Waals surface area contributed by atoms with E-state index in [0.29, 0.717) is 0 Å². The van der Waals surface area contributed by atoms with E-state index in [2.05, 4.69) is 4.74 Å². The highest BCUT2D eigenvalue weighted by Gasteiger charge is 2.46. The maximum atomic E-state index is 12.1. The molecular formula is C13H17NO4. The summed E-state index contributed by atoms with van der Waals surface area (Å²) in [6, 6.07) is 0. The lowest BCUT2D eigenvalue weighted by Crippen LogP contribution is -2.33. The number of ketones is 1. The highest BCUT2D eigenvalue weighted by Crippen LogP contribution is 2.30. The van der Waals surface area contributed by atoms with Gasteiger partial charge in [0.2, 0.25) is 11.7 Å². The summed E-state index contributed by atoms with van der Waals surface area (Å²) in [4.78, 5) is 23.5. The Morgan fingerprint density at radius 2 is 2.17 bits per heavy atom. The summed E-state index contributed by atoms with van der Waals surface area (Å²) in [5, 5.41) is 0. The van der Waals surface area contributed by atoms with Crippen LogP contribution in [0, 0.1) is 0 Å². The summed E-state index contributed by atoms with van der Waals surface area (Å²) < 4.78 is 9.76. The average molecular weight is 251 g/mol. The lowest BCUT2D eigenvalue weighted by atomic mass is 9.96. The molecule has 0 aromatic carbocycles. The van der Waals surface area contributed by atoms with Crippen LogP contribution < -0.4 is 5.73 Å². The molecule has 0 saturated heterocycles. The molecule has 2 N–H and O–H groups in total. The minimum atomic E-state index is -1.24. The molecule has 0 fully saturated rings. The van der Waals surface area contributed by atoms with Crippen LogP contribution in [-0.2, 0) is 19.1 Å². The average Bonchev–Trinajstić information content (AvgIpc) is 2.55. The Morgan fingerprint density at radius 1 is 1.50 bits per heavy atom. The van der Waals surface area contributed by atoms with Crippen LogP contribution >= 0.6 is 0 Å². The molecule has 5 nitrogen and oxygen atoms in total. The first-order valence-electron chi connectivity index (χ1n) is 5.62.